The predicted molar refractivity (Wildman–Crippen MR) is 113 cm³/mol. The number of allylic oxidation sites excluding steroid dienone is 1. The van der Waals surface area contributed by atoms with Gasteiger partial charge in [-0.1, -0.05) is 18.2 Å². The molecule has 1 aliphatic carbocycles. The number of alkyl halides is 3. The minimum Gasteiger partial charge on any atom is -0.404 e. The molecule has 0 saturated heterocycles. The number of benzene rings is 1. The van der Waals surface area contributed by atoms with E-state index in [0.29, 0.717) is 11.1 Å². The molecule has 4 rings (SSSR count). The van der Waals surface area contributed by atoms with Crippen molar-refractivity contribution in [3.8, 4) is 17.3 Å². The first kappa shape index (κ1) is 21.4. The Morgan fingerprint density at radius 3 is 2.66 bits per heavy atom. The minimum atomic E-state index is -4.44. The van der Waals surface area contributed by atoms with Crippen molar-refractivity contribution in [3.05, 3.63) is 66.1 Å². The summed E-state index contributed by atoms with van der Waals surface area (Å²) in [6.07, 6.45) is -2.04. The summed E-state index contributed by atoms with van der Waals surface area (Å²) in [5.74, 6) is -1.12. The number of rotatable bonds is 5. The fourth-order valence-electron chi connectivity index (χ4n) is 3.43. The van der Waals surface area contributed by atoms with Crippen LogP contribution in [-0.2, 0) is 0 Å². The summed E-state index contributed by atoms with van der Waals surface area (Å²) >= 11 is 0. The highest BCUT2D eigenvalue weighted by atomic mass is 19.4. The van der Waals surface area contributed by atoms with E-state index in [9.17, 15) is 22.8 Å². The Morgan fingerprint density at radius 1 is 1.22 bits per heavy atom. The van der Waals surface area contributed by atoms with E-state index >= 15 is 0 Å². The molecule has 1 aromatic carbocycles. The number of fused-ring (bicyclic) bond motifs is 1. The second kappa shape index (κ2) is 8.04. The lowest BCUT2D eigenvalue weighted by molar-refractivity contribution is -0.183. The van der Waals surface area contributed by atoms with Crippen molar-refractivity contribution < 1.29 is 17.6 Å². The van der Waals surface area contributed by atoms with Crippen LogP contribution in [0.1, 0.15) is 24.1 Å². The predicted octanol–water partition coefficient (Wildman–Crippen LogP) is 5.18. The number of nitrogens with two attached hydrogens (primary N) is 1. The van der Waals surface area contributed by atoms with Crippen LogP contribution >= 0.6 is 0 Å². The van der Waals surface area contributed by atoms with Crippen LogP contribution in [0.5, 0.6) is 0 Å². The van der Waals surface area contributed by atoms with Crippen molar-refractivity contribution >= 4 is 22.4 Å². The highest BCUT2D eigenvalue weighted by Gasteiger charge is 2.63. The summed E-state index contributed by atoms with van der Waals surface area (Å²) in [4.78, 5) is 12.2. The van der Waals surface area contributed by atoms with Crippen molar-refractivity contribution in [2.45, 2.75) is 19.0 Å². The molecule has 1 saturated carbocycles. The first-order valence-corrected chi connectivity index (χ1v) is 9.74. The summed E-state index contributed by atoms with van der Waals surface area (Å²) in [6, 6.07) is 13.7. The van der Waals surface area contributed by atoms with Crippen molar-refractivity contribution in [3.63, 3.8) is 0 Å². The summed E-state index contributed by atoms with van der Waals surface area (Å²) < 4.78 is 54.5. The molecule has 0 amide bonds. The third-order valence-electron chi connectivity index (χ3n) is 5.54. The number of halogens is 4. The van der Waals surface area contributed by atoms with Crippen LogP contribution in [0.25, 0.3) is 27.7 Å². The maximum absolute atomic E-state index is 15.0. The number of nitriles is 1. The average Bonchev–Trinajstić information content (AvgIpc) is 3.59. The molecule has 5 nitrogen and oxygen atoms in total. The zero-order chi connectivity index (χ0) is 22.9. The second-order valence-corrected chi connectivity index (χ2v) is 7.58. The number of aliphatic imine (C=N–C) groups is 1. The lowest BCUT2D eigenvalue weighted by Gasteiger charge is -2.17. The van der Waals surface area contributed by atoms with Gasteiger partial charge < -0.3 is 5.73 Å². The molecule has 162 valence electrons. The van der Waals surface area contributed by atoms with Gasteiger partial charge in [-0.05, 0) is 37.1 Å². The largest absolute Gasteiger partial charge is 0.404 e. The van der Waals surface area contributed by atoms with E-state index in [2.05, 4.69) is 15.0 Å². The molecule has 2 N–H and O–H groups in total. The number of hydrogen-bond donors (Lipinski definition) is 1. The normalized spacial score (nSPS) is 16.1. The first-order valence-electron chi connectivity index (χ1n) is 9.74. The Bertz CT molecular complexity index is 1280. The Kier molecular flexibility index (Phi) is 5.38. The molecule has 2 heterocycles. The van der Waals surface area contributed by atoms with E-state index in [4.69, 9.17) is 5.73 Å². The highest BCUT2D eigenvalue weighted by Crippen LogP contribution is 2.57. The Balaban J connectivity index is 1.76. The molecule has 9 heteroatoms. The molecular weight excluding hydrogens is 422 g/mol. The molecule has 32 heavy (non-hydrogen) atoms. The lowest BCUT2D eigenvalue weighted by atomic mass is 9.98. The minimum absolute atomic E-state index is 0.0806. The van der Waals surface area contributed by atoms with E-state index in [1.807, 2.05) is 12.1 Å². The molecule has 3 aromatic rings. The zero-order valence-corrected chi connectivity index (χ0v) is 16.7. The number of aromatic nitrogens is 2. The van der Waals surface area contributed by atoms with Gasteiger partial charge in [0.05, 0.1) is 28.7 Å². The highest BCUT2D eigenvalue weighted by molar-refractivity contribution is 6.20. The molecule has 1 fully saturated rings. The molecule has 0 unspecified atom stereocenters. The van der Waals surface area contributed by atoms with Gasteiger partial charge in [0, 0.05) is 28.9 Å². The maximum atomic E-state index is 15.0. The van der Waals surface area contributed by atoms with Crippen LogP contribution in [-0.4, -0.2) is 28.7 Å². The molecule has 0 spiro atoms. The van der Waals surface area contributed by atoms with Crippen molar-refractivity contribution in [1.29, 1.82) is 5.26 Å². The number of hydrogen-bond acceptors (Lipinski definition) is 5. The molecule has 1 aliphatic rings. The monoisotopic (exact) mass is 439 g/mol. The zero-order valence-electron chi connectivity index (χ0n) is 16.7. The average molecular weight is 439 g/mol. The van der Waals surface area contributed by atoms with Gasteiger partial charge in [0.2, 0.25) is 5.97 Å². The number of nitrogens with zero attached hydrogens (tertiary/aromatic N) is 4. The standard InChI is InChI=1S/C23H17F4N5/c24-21(31-13-22(7-8-22)23(25,26)27)18(12-29)17-6-5-16(11-28)32-20(17)15-4-3-14-2-1-9-30-19(14)10-15/h1-6,9-10,12H,7-8,13,29H2/b18-12-,31-21?. The van der Waals surface area contributed by atoms with E-state index < -0.39 is 24.1 Å². The molecule has 2 aromatic heterocycles. The van der Waals surface area contributed by atoms with Gasteiger partial charge >= 0.3 is 6.18 Å². The van der Waals surface area contributed by atoms with Gasteiger partial charge in [0.15, 0.2) is 0 Å². The Hall–Kier alpha value is -3.80. The Labute approximate surface area is 180 Å². The summed E-state index contributed by atoms with van der Waals surface area (Å²) in [5, 5.41) is 10.1. The summed E-state index contributed by atoms with van der Waals surface area (Å²) in [7, 11) is 0. The number of pyridine rings is 2. The van der Waals surface area contributed by atoms with Crippen LogP contribution in [0.4, 0.5) is 17.6 Å². The van der Waals surface area contributed by atoms with Crippen LogP contribution in [0, 0.1) is 16.7 Å². The van der Waals surface area contributed by atoms with Gasteiger partial charge in [-0.15, -0.1) is 0 Å². The van der Waals surface area contributed by atoms with Crippen LogP contribution in [0.15, 0.2) is 59.9 Å². The van der Waals surface area contributed by atoms with Crippen molar-refractivity contribution in [2.24, 2.45) is 16.1 Å². The van der Waals surface area contributed by atoms with Crippen LogP contribution in [0.3, 0.4) is 0 Å². The van der Waals surface area contributed by atoms with E-state index in [1.165, 1.54) is 12.1 Å². The van der Waals surface area contributed by atoms with Gasteiger partial charge in [0.1, 0.15) is 11.8 Å². The molecule has 0 bridgehead atoms. The van der Waals surface area contributed by atoms with Gasteiger partial charge in [-0.3, -0.25) is 9.98 Å². The smallest absolute Gasteiger partial charge is 0.396 e. The van der Waals surface area contributed by atoms with Gasteiger partial charge in [0.25, 0.3) is 0 Å². The quantitative estimate of drug-likeness (QED) is 0.438. The second-order valence-electron chi connectivity index (χ2n) is 7.58. The fraction of sp³-hybridized carbons (Fsp3) is 0.217. The van der Waals surface area contributed by atoms with Crippen molar-refractivity contribution in [1.82, 2.24) is 9.97 Å². The molecule has 0 aliphatic heterocycles. The molecular formula is C23H17F4N5. The SMILES string of the molecule is N#Cc1ccc(/C(=C/N)C(F)=NCC2(C(F)(F)F)CC2)c(-c2ccc3cccnc3c2)n1. The van der Waals surface area contributed by atoms with Crippen molar-refractivity contribution in [2.75, 3.05) is 6.54 Å². The van der Waals surface area contributed by atoms with E-state index in [-0.39, 0.29) is 35.4 Å². The maximum Gasteiger partial charge on any atom is 0.396 e. The summed E-state index contributed by atoms with van der Waals surface area (Å²) in [6.45, 7) is -0.710. The van der Waals surface area contributed by atoms with Crippen LogP contribution < -0.4 is 5.73 Å². The first-order chi connectivity index (χ1) is 15.3. The lowest BCUT2D eigenvalue weighted by Crippen LogP contribution is -2.27. The fourth-order valence-corrected chi connectivity index (χ4v) is 3.43. The third kappa shape index (κ3) is 3.91. The van der Waals surface area contributed by atoms with Crippen LogP contribution in [0.2, 0.25) is 0 Å². The molecule has 0 atom stereocenters. The summed E-state index contributed by atoms with van der Waals surface area (Å²) in [5.41, 5.74) is 5.22. The molecule has 0 radical (unpaired) electrons. The topological polar surface area (TPSA) is 88.0 Å². The van der Waals surface area contributed by atoms with Gasteiger partial charge in [-0.25, -0.2) is 4.98 Å². The third-order valence-corrected chi connectivity index (χ3v) is 5.54. The van der Waals surface area contributed by atoms with E-state index in [0.717, 1.165) is 11.6 Å². The Morgan fingerprint density at radius 2 is 2.00 bits per heavy atom. The van der Waals surface area contributed by atoms with E-state index in [1.54, 1.807) is 30.5 Å². The van der Waals surface area contributed by atoms with Gasteiger partial charge in [-0.2, -0.15) is 22.8 Å².